The van der Waals surface area contributed by atoms with Crippen LogP contribution in [0.1, 0.15) is 28.4 Å². The van der Waals surface area contributed by atoms with Crippen molar-refractivity contribution < 1.29 is 0 Å². The maximum Gasteiger partial charge on any atom is 0.275 e. The lowest BCUT2D eigenvalue weighted by atomic mass is 9.87. The van der Waals surface area contributed by atoms with Crippen LogP contribution in [0.4, 0.5) is 0 Å². The van der Waals surface area contributed by atoms with Crippen molar-refractivity contribution in [3.63, 3.8) is 0 Å². The van der Waals surface area contributed by atoms with Crippen molar-refractivity contribution in [2.24, 2.45) is 0 Å². The number of benzene rings is 3. The lowest BCUT2D eigenvalue weighted by molar-refractivity contribution is 0.771. The van der Waals surface area contributed by atoms with Crippen molar-refractivity contribution in [3.05, 3.63) is 130 Å². The Hall–Kier alpha value is -3.92. The van der Waals surface area contributed by atoms with Gasteiger partial charge in [0.25, 0.3) is 5.56 Å². The number of rotatable bonds is 5. The van der Waals surface area contributed by atoms with Gasteiger partial charge in [0.15, 0.2) is 0 Å². The predicted molar refractivity (Wildman–Crippen MR) is 125 cm³/mol. The van der Waals surface area contributed by atoms with Gasteiger partial charge in [0.2, 0.25) is 0 Å². The molecular weight excluding hydrogens is 382 g/mol. The molecule has 1 N–H and O–H groups in total. The summed E-state index contributed by atoms with van der Waals surface area (Å²) in [5.41, 5.74) is 5.53. The third-order valence-electron chi connectivity index (χ3n) is 5.75. The van der Waals surface area contributed by atoms with Gasteiger partial charge < -0.3 is 0 Å². The standard InChI is InChI=1S/C27H23N3O/c1-19-26(27(31)30(29-19)23-13-6-3-7-14-23)24(20-10-4-2-5-11-20)18-22-17-16-21-12-8-9-15-25(21)28-22/h2-17,24,29H,18H2,1H3. The van der Waals surface area contributed by atoms with E-state index < -0.39 is 0 Å². The topological polar surface area (TPSA) is 50.7 Å². The van der Waals surface area contributed by atoms with Gasteiger partial charge in [0.1, 0.15) is 0 Å². The monoisotopic (exact) mass is 405 g/mol. The molecular formula is C27H23N3O. The van der Waals surface area contributed by atoms with Crippen LogP contribution in [0, 0.1) is 6.92 Å². The Bertz CT molecular complexity index is 1380. The van der Waals surface area contributed by atoms with Gasteiger partial charge in [0.05, 0.1) is 11.2 Å². The largest absolute Gasteiger partial charge is 0.295 e. The van der Waals surface area contributed by atoms with Crippen LogP contribution < -0.4 is 5.56 Å². The number of fused-ring (bicyclic) bond motifs is 1. The molecule has 0 saturated heterocycles. The van der Waals surface area contributed by atoms with E-state index in [4.69, 9.17) is 4.98 Å². The first-order chi connectivity index (χ1) is 15.2. The van der Waals surface area contributed by atoms with E-state index in [1.807, 2.05) is 73.7 Å². The zero-order valence-corrected chi connectivity index (χ0v) is 17.3. The molecule has 0 aliphatic heterocycles. The first-order valence-corrected chi connectivity index (χ1v) is 10.5. The molecule has 4 heteroatoms. The maximum absolute atomic E-state index is 13.5. The molecule has 152 valence electrons. The zero-order valence-electron chi connectivity index (χ0n) is 17.3. The van der Waals surface area contributed by atoms with Gasteiger partial charge >= 0.3 is 0 Å². The van der Waals surface area contributed by atoms with Gasteiger partial charge in [-0.05, 0) is 36.8 Å². The van der Waals surface area contributed by atoms with Crippen LogP contribution in [0.15, 0.2) is 102 Å². The quantitative estimate of drug-likeness (QED) is 0.426. The van der Waals surface area contributed by atoms with Crippen molar-refractivity contribution in [2.75, 3.05) is 0 Å². The van der Waals surface area contributed by atoms with E-state index >= 15 is 0 Å². The molecule has 0 radical (unpaired) electrons. The normalized spacial score (nSPS) is 12.2. The van der Waals surface area contributed by atoms with Crippen LogP contribution in [0.25, 0.3) is 16.6 Å². The Balaban J connectivity index is 1.62. The summed E-state index contributed by atoms with van der Waals surface area (Å²) >= 11 is 0. The molecule has 0 aliphatic rings. The molecule has 4 nitrogen and oxygen atoms in total. The van der Waals surface area contributed by atoms with Crippen molar-refractivity contribution in [1.29, 1.82) is 0 Å². The number of aryl methyl sites for hydroxylation is 1. The molecule has 0 aliphatic carbocycles. The van der Waals surface area contributed by atoms with E-state index in [-0.39, 0.29) is 11.5 Å². The highest BCUT2D eigenvalue weighted by Gasteiger charge is 2.24. The van der Waals surface area contributed by atoms with Gasteiger partial charge in [-0.15, -0.1) is 0 Å². The highest BCUT2D eigenvalue weighted by atomic mass is 16.1. The summed E-state index contributed by atoms with van der Waals surface area (Å²) < 4.78 is 1.63. The van der Waals surface area contributed by atoms with E-state index in [1.165, 1.54) is 0 Å². The summed E-state index contributed by atoms with van der Waals surface area (Å²) in [5, 5.41) is 4.40. The summed E-state index contributed by atoms with van der Waals surface area (Å²) in [6, 6.07) is 32.2. The Labute approximate surface area is 180 Å². The average Bonchev–Trinajstić information content (AvgIpc) is 3.12. The summed E-state index contributed by atoms with van der Waals surface area (Å²) in [6.07, 6.45) is 0.650. The summed E-state index contributed by atoms with van der Waals surface area (Å²) in [5.74, 6) is -0.0939. The molecule has 31 heavy (non-hydrogen) atoms. The van der Waals surface area contributed by atoms with Crippen LogP contribution in [-0.2, 0) is 6.42 Å². The number of hydrogen-bond acceptors (Lipinski definition) is 2. The summed E-state index contributed by atoms with van der Waals surface area (Å²) in [7, 11) is 0. The second-order valence-electron chi connectivity index (χ2n) is 7.79. The minimum atomic E-state index is -0.0939. The van der Waals surface area contributed by atoms with Crippen molar-refractivity contribution in [2.45, 2.75) is 19.3 Å². The van der Waals surface area contributed by atoms with Crippen LogP contribution in [0.5, 0.6) is 0 Å². The fourth-order valence-corrected chi connectivity index (χ4v) is 4.23. The SMILES string of the molecule is Cc1[nH]n(-c2ccccc2)c(=O)c1C(Cc1ccc2ccccc2n1)c1ccccc1. The molecule has 0 amide bonds. The molecule has 2 heterocycles. The number of aromatic amines is 1. The molecule has 1 unspecified atom stereocenters. The van der Waals surface area contributed by atoms with Gasteiger partial charge in [-0.3, -0.25) is 14.9 Å². The lowest BCUT2D eigenvalue weighted by Crippen LogP contribution is -2.21. The predicted octanol–water partition coefficient (Wildman–Crippen LogP) is 5.40. The van der Waals surface area contributed by atoms with Crippen molar-refractivity contribution in [3.8, 4) is 5.69 Å². The number of nitrogens with zero attached hydrogens (tertiary/aromatic N) is 2. The molecule has 0 saturated carbocycles. The first-order valence-electron chi connectivity index (χ1n) is 10.5. The van der Waals surface area contributed by atoms with Crippen LogP contribution in [0.2, 0.25) is 0 Å². The fourth-order valence-electron chi connectivity index (χ4n) is 4.23. The Kier molecular flexibility index (Phi) is 4.97. The molecule has 3 aromatic carbocycles. The van der Waals surface area contributed by atoms with E-state index in [9.17, 15) is 4.79 Å². The highest BCUT2D eigenvalue weighted by molar-refractivity contribution is 5.78. The first kappa shape index (κ1) is 19.1. The second kappa shape index (κ2) is 8.07. The molecule has 0 bridgehead atoms. The Morgan fingerprint density at radius 1 is 0.839 bits per heavy atom. The van der Waals surface area contributed by atoms with Crippen LogP contribution >= 0.6 is 0 Å². The number of hydrogen-bond donors (Lipinski definition) is 1. The van der Waals surface area contributed by atoms with Gasteiger partial charge in [-0.1, -0.05) is 72.8 Å². The highest BCUT2D eigenvalue weighted by Crippen LogP contribution is 2.29. The summed E-state index contributed by atoms with van der Waals surface area (Å²) in [4.78, 5) is 18.4. The molecule has 0 fully saturated rings. The van der Waals surface area contributed by atoms with Gasteiger partial charge in [0, 0.05) is 34.7 Å². The molecule has 1 atom stereocenters. The van der Waals surface area contributed by atoms with E-state index in [0.717, 1.165) is 39.1 Å². The number of pyridine rings is 1. The number of H-pyrrole nitrogens is 1. The van der Waals surface area contributed by atoms with Crippen LogP contribution in [-0.4, -0.2) is 14.8 Å². The van der Waals surface area contributed by atoms with Gasteiger partial charge in [-0.25, -0.2) is 4.68 Å². The smallest absolute Gasteiger partial charge is 0.275 e. The van der Waals surface area contributed by atoms with E-state index in [1.54, 1.807) is 4.68 Å². The van der Waals surface area contributed by atoms with E-state index in [2.05, 4.69) is 35.4 Å². The molecule has 0 spiro atoms. The Morgan fingerprint density at radius 2 is 1.52 bits per heavy atom. The molecule has 5 aromatic rings. The second-order valence-corrected chi connectivity index (χ2v) is 7.79. The number of aromatic nitrogens is 3. The maximum atomic E-state index is 13.5. The lowest BCUT2D eigenvalue weighted by Gasteiger charge is -2.16. The zero-order chi connectivity index (χ0) is 21.2. The minimum Gasteiger partial charge on any atom is -0.295 e. The molecule has 2 aromatic heterocycles. The van der Waals surface area contributed by atoms with Gasteiger partial charge in [-0.2, -0.15) is 0 Å². The van der Waals surface area contributed by atoms with Crippen molar-refractivity contribution >= 4 is 10.9 Å². The van der Waals surface area contributed by atoms with Crippen molar-refractivity contribution in [1.82, 2.24) is 14.8 Å². The Morgan fingerprint density at radius 3 is 2.29 bits per heavy atom. The fraction of sp³-hybridized carbons (Fsp3) is 0.111. The third-order valence-corrected chi connectivity index (χ3v) is 5.75. The summed E-state index contributed by atoms with van der Waals surface area (Å²) in [6.45, 7) is 1.97. The number of para-hydroxylation sites is 2. The average molecular weight is 406 g/mol. The molecule has 5 rings (SSSR count). The van der Waals surface area contributed by atoms with Crippen LogP contribution in [0.3, 0.4) is 0 Å². The minimum absolute atomic E-state index is 0.0154. The van der Waals surface area contributed by atoms with E-state index in [0.29, 0.717) is 6.42 Å². The third kappa shape index (κ3) is 3.68. The number of nitrogens with one attached hydrogen (secondary N) is 1.